The van der Waals surface area contributed by atoms with E-state index in [-0.39, 0.29) is 41.8 Å². The van der Waals surface area contributed by atoms with Crippen molar-refractivity contribution in [1.82, 2.24) is 64.8 Å². The molecule has 30 rings (SSSR count). The van der Waals surface area contributed by atoms with E-state index < -0.39 is 0 Å². The largest absolute Gasteiger partial charge is 0.494 e. The minimum absolute atomic E-state index is 0.0338. The quantitative estimate of drug-likeness (QED) is 0.0711. The number of methoxy groups -OCH3 is 1. The van der Waals surface area contributed by atoms with Crippen LogP contribution < -0.4 is 31.3 Å². The molecule has 0 fully saturated rings. The molecule has 24 heteroatoms. The number of rotatable bonds is 7. The first-order valence-corrected chi connectivity index (χ1v) is 49.9. The van der Waals surface area contributed by atoms with Gasteiger partial charge in [-0.3, -0.25) is 0 Å². The topological polar surface area (TPSA) is 254 Å². The number of H-pyrrole nitrogens is 6. The summed E-state index contributed by atoms with van der Waals surface area (Å²) in [6.07, 6.45) is 23.2. The SMILES string of the molecule is COc1ccc(C2Nc3ccccc3-c3ccnc4[nH]cc2c34)cc1F.Cc1ccc(C2Nc3ccccc3-c3ccnc4[nH]cc2c34)c(Cl)c1.Cc1cccc(C2Nc3ccccc3-c3ccnc4[nH]cc2c34)c1Cl.Clc1cccc(Cl)c1C1Nc2ccccc2-c2ccnc3[nH]cc1c23.c1ccc(-c2nc3ccccc3c3cc[nH]c4ncc2c43)cc1.c1ccc(C2Nc3ccccc3-c3ccnc4[nH]cc2c34)cc1. The average molecular weight is 2000 g/mol. The molecule has 25 aromatic rings. The number of aromatic nitrogens is 13. The number of hydrogen-bond donors (Lipinski definition) is 11. The molecule has 0 saturated heterocycles. The summed E-state index contributed by atoms with van der Waals surface area (Å²) in [6, 6.07) is 106. The molecule has 5 aliphatic heterocycles. The third-order valence-electron chi connectivity index (χ3n) is 28.4. The lowest BCUT2D eigenvalue weighted by atomic mass is 9.96. The van der Waals surface area contributed by atoms with Gasteiger partial charge in [-0.1, -0.05) is 259 Å². The molecule has 12 aromatic carbocycles. The average Bonchev–Trinajstić information content (AvgIpc) is 1.60. The van der Waals surface area contributed by atoms with E-state index in [0.29, 0.717) is 10.0 Å². The second-order valence-electron chi connectivity index (χ2n) is 36.8. The lowest BCUT2D eigenvalue weighted by molar-refractivity contribution is 0.386. The molecule has 19 nitrogen and oxygen atoms in total. The minimum atomic E-state index is -0.373. The molecule has 18 heterocycles. The Morgan fingerprint density at radius 1 is 0.293 bits per heavy atom. The van der Waals surface area contributed by atoms with Crippen LogP contribution in [-0.4, -0.2) is 71.9 Å². The van der Waals surface area contributed by atoms with E-state index in [9.17, 15) is 4.39 Å². The Morgan fingerprint density at radius 3 is 1.16 bits per heavy atom. The van der Waals surface area contributed by atoms with Gasteiger partial charge in [0.25, 0.3) is 0 Å². The van der Waals surface area contributed by atoms with Crippen LogP contribution in [0.1, 0.15) is 97.0 Å². The van der Waals surface area contributed by atoms with Gasteiger partial charge in [0.1, 0.15) is 33.9 Å². The zero-order valence-electron chi connectivity index (χ0n) is 79.3. The maximum Gasteiger partial charge on any atom is 0.165 e. The summed E-state index contributed by atoms with van der Waals surface area (Å²) in [6.45, 7) is 4.10. The molecule has 712 valence electrons. The van der Waals surface area contributed by atoms with Gasteiger partial charge in [-0.25, -0.2) is 39.3 Å². The molecular weight excluding hydrogens is 1910 g/mol. The second kappa shape index (κ2) is 38.2. The summed E-state index contributed by atoms with van der Waals surface area (Å²) in [5.74, 6) is -0.133. The van der Waals surface area contributed by atoms with E-state index in [0.717, 1.165) is 194 Å². The molecule has 0 saturated carbocycles. The summed E-state index contributed by atoms with van der Waals surface area (Å²) < 4.78 is 19.4. The highest BCUT2D eigenvalue weighted by atomic mass is 35.5. The highest BCUT2D eigenvalue weighted by Crippen LogP contribution is 2.53. The Morgan fingerprint density at radius 2 is 0.694 bits per heavy atom. The van der Waals surface area contributed by atoms with Crippen LogP contribution in [0, 0.1) is 19.7 Å². The van der Waals surface area contributed by atoms with Gasteiger partial charge < -0.3 is 61.2 Å². The number of para-hydroxylation sites is 6. The molecular formula is C123H89Cl4FN18O. The van der Waals surface area contributed by atoms with E-state index >= 15 is 0 Å². The van der Waals surface area contributed by atoms with Gasteiger partial charge in [-0.15, -0.1) is 0 Å². The van der Waals surface area contributed by atoms with Crippen LogP contribution >= 0.6 is 46.4 Å². The highest BCUT2D eigenvalue weighted by Gasteiger charge is 2.35. The van der Waals surface area contributed by atoms with Crippen LogP contribution in [0.5, 0.6) is 5.75 Å². The molecule has 0 bridgehead atoms. The molecule has 5 aliphatic rings. The van der Waals surface area contributed by atoms with E-state index in [2.05, 4.69) is 306 Å². The molecule has 0 amide bonds. The van der Waals surface area contributed by atoms with Crippen LogP contribution in [-0.2, 0) is 0 Å². The number of aryl methyl sites for hydroxylation is 2. The Labute approximate surface area is 863 Å². The summed E-state index contributed by atoms with van der Waals surface area (Å²) in [5, 5.41) is 31.4. The van der Waals surface area contributed by atoms with Gasteiger partial charge in [0, 0.05) is 233 Å². The summed E-state index contributed by atoms with van der Waals surface area (Å²) in [4.78, 5) is 51.7. The van der Waals surface area contributed by atoms with Gasteiger partial charge in [-0.05, 0) is 184 Å². The maximum atomic E-state index is 14.3. The standard InChI is InChI=1S/2C21H16ClN3.C21H16FN3O.C20H13Cl2N3.C20H15N3.C20H13N3/c1-12-5-4-7-15(19(12)22)20-16-11-24-21-18(16)14(9-10-23-21)13-6-2-3-8-17(13)25-20;1-12-6-7-15(17(22)10-12)20-16-11-24-21-19(16)14(8-9-23-21)13-4-2-3-5-18(13)25-20;1-26-18-7-6-12(10-16(18)22)20-15-11-24-21-19(15)14(8-9-23-21)13-4-2-3-5-17(13)25-20;21-14-5-3-6-15(22)18(14)19-13-10-24-20-17(13)12(8-9-23-20)11-4-1-2-7-16(11)25-19;2*1-2-6-13(7-3-1)19-16-12-22-20-18(16)15(10-11-21-20)14-8-4-5-9-17(14)23-19/h2*2-11,20,25H,1H3,(H,23,24);2-11,20,25H,1H3,(H,23,24);1-10,19,25H,(H,23,24);1-12,19,23H,(H,21,22);1-12H,(H,21,22). The molecule has 0 spiro atoms. The van der Waals surface area contributed by atoms with Crippen molar-refractivity contribution in [2.24, 2.45) is 0 Å². The van der Waals surface area contributed by atoms with Crippen molar-refractivity contribution < 1.29 is 9.13 Å². The van der Waals surface area contributed by atoms with Crippen LogP contribution in [0.25, 0.3) is 155 Å². The van der Waals surface area contributed by atoms with Gasteiger partial charge in [0.05, 0.1) is 48.5 Å². The van der Waals surface area contributed by atoms with Gasteiger partial charge in [-0.2, -0.15) is 0 Å². The zero-order chi connectivity index (χ0) is 99.0. The van der Waals surface area contributed by atoms with Crippen LogP contribution in [0.2, 0.25) is 20.1 Å². The smallest absolute Gasteiger partial charge is 0.165 e. The minimum Gasteiger partial charge on any atom is -0.494 e. The number of nitrogens with zero attached hydrogens (tertiary/aromatic N) is 7. The molecule has 13 aromatic heterocycles. The fourth-order valence-electron chi connectivity index (χ4n) is 21.6. The number of pyridine rings is 6. The maximum absolute atomic E-state index is 14.3. The number of anilines is 5. The predicted molar refractivity (Wildman–Crippen MR) is 598 cm³/mol. The van der Waals surface area contributed by atoms with Crippen molar-refractivity contribution in [2.75, 3.05) is 33.7 Å². The van der Waals surface area contributed by atoms with Crippen molar-refractivity contribution in [3.05, 3.63) is 482 Å². The first-order valence-electron chi connectivity index (χ1n) is 48.4. The van der Waals surface area contributed by atoms with Crippen molar-refractivity contribution >= 4 is 163 Å². The number of halogens is 5. The fraction of sp³-hybridized carbons (Fsp3) is 0.0650. The Bertz CT molecular complexity index is 9400. The molecule has 0 radical (unpaired) electrons. The predicted octanol–water partition coefficient (Wildman–Crippen LogP) is 32.0. The van der Waals surface area contributed by atoms with Gasteiger partial charge in [0.2, 0.25) is 0 Å². The first-order chi connectivity index (χ1) is 72.3. The van der Waals surface area contributed by atoms with E-state index in [1.54, 1.807) is 6.07 Å². The third kappa shape index (κ3) is 16.3. The third-order valence-corrected chi connectivity index (χ3v) is 29.9. The number of fused-ring (bicyclic) bond motifs is 12. The van der Waals surface area contributed by atoms with E-state index in [1.807, 2.05) is 172 Å². The molecule has 147 heavy (non-hydrogen) atoms. The normalized spacial score (nSPS) is 14.9. The van der Waals surface area contributed by atoms with Gasteiger partial charge in [0.15, 0.2) is 11.6 Å². The van der Waals surface area contributed by atoms with Crippen LogP contribution in [0.4, 0.5) is 32.8 Å². The Balaban J connectivity index is 0.0000000918. The number of benzene rings is 12. The van der Waals surface area contributed by atoms with Crippen LogP contribution in [0.3, 0.4) is 0 Å². The molecule has 5 atom stereocenters. The van der Waals surface area contributed by atoms with Crippen molar-refractivity contribution in [1.29, 1.82) is 0 Å². The highest BCUT2D eigenvalue weighted by molar-refractivity contribution is 6.36. The first kappa shape index (κ1) is 90.6. The Hall–Kier alpha value is -17.7. The summed E-state index contributed by atoms with van der Waals surface area (Å²) in [5.41, 5.74) is 38.6. The Kier molecular flexibility index (Phi) is 23.6. The zero-order valence-corrected chi connectivity index (χ0v) is 82.3. The van der Waals surface area contributed by atoms with Gasteiger partial charge >= 0.3 is 0 Å². The molecule has 5 unspecified atom stereocenters. The van der Waals surface area contributed by atoms with E-state index in [4.69, 9.17) is 56.1 Å². The van der Waals surface area contributed by atoms with Crippen molar-refractivity contribution in [2.45, 2.75) is 44.1 Å². The fourth-order valence-corrected chi connectivity index (χ4v) is 22.8. The second-order valence-corrected chi connectivity index (χ2v) is 38.4. The van der Waals surface area contributed by atoms with Crippen LogP contribution in [0.15, 0.2) is 390 Å². The molecule has 11 N–H and O–H groups in total. The summed E-state index contributed by atoms with van der Waals surface area (Å²) >= 11 is 26.3. The number of hydrogen-bond acceptors (Lipinski definition) is 13. The van der Waals surface area contributed by atoms with E-state index in [1.165, 1.54) is 79.6 Å². The number of nitrogens with one attached hydrogen (secondary N) is 11. The number of ether oxygens (including phenoxy) is 1. The lowest BCUT2D eigenvalue weighted by Gasteiger charge is -2.21. The van der Waals surface area contributed by atoms with Crippen molar-refractivity contribution in [3.8, 4) is 72.6 Å². The molecule has 0 aliphatic carbocycles. The number of aromatic amines is 6. The summed E-state index contributed by atoms with van der Waals surface area (Å²) in [7, 11) is 1.47. The lowest BCUT2D eigenvalue weighted by Crippen LogP contribution is -2.12. The monoisotopic (exact) mass is 1990 g/mol. The van der Waals surface area contributed by atoms with Crippen molar-refractivity contribution in [3.63, 3.8) is 0 Å².